The van der Waals surface area contributed by atoms with E-state index in [1.165, 1.54) is 0 Å². The molecular formula is C8H6F6O6RuS2. The normalized spacial score (nSPS) is 16.0. The maximum atomic E-state index is 10.7. The summed E-state index contributed by atoms with van der Waals surface area (Å²) < 4.78 is 118. The average molecular weight is 477 g/mol. The Labute approximate surface area is 141 Å². The van der Waals surface area contributed by atoms with E-state index in [0.29, 0.717) is 0 Å². The molecule has 0 bridgehead atoms. The number of halogens is 6. The van der Waals surface area contributed by atoms with Crippen molar-refractivity contribution in [2.45, 2.75) is 11.0 Å². The minimum Gasteiger partial charge on any atom is -0.741 e. The van der Waals surface area contributed by atoms with E-state index in [0.717, 1.165) is 0 Å². The molecule has 1 saturated carbocycles. The SMILES string of the molecule is O=S(=O)([O-])C(F)(F)F.O=S(=O)([O-])C(F)(F)F.[CH]1[CH][CH][CH][CH][CH]1.[Ru+2]. The summed E-state index contributed by atoms with van der Waals surface area (Å²) in [6, 6.07) is 0. The fourth-order valence-corrected chi connectivity index (χ4v) is 0.385. The Kier molecular flexibility index (Phi) is 13.1. The molecule has 136 valence electrons. The van der Waals surface area contributed by atoms with Gasteiger partial charge in [-0.1, -0.05) is 0 Å². The van der Waals surface area contributed by atoms with Crippen LogP contribution in [0, 0.1) is 38.5 Å². The molecule has 0 amide bonds. The summed E-state index contributed by atoms with van der Waals surface area (Å²) in [7, 11) is -12.2. The maximum Gasteiger partial charge on any atom is 2.00 e. The molecule has 0 aromatic rings. The van der Waals surface area contributed by atoms with Crippen LogP contribution in [0.4, 0.5) is 26.3 Å². The summed E-state index contributed by atoms with van der Waals surface area (Å²) >= 11 is 0. The van der Waals surface area contributed by atoms with E-state index in [1.807, 2.05) is 38.5 Å². The molecule has 1 aliphatic rings. The fraction of sp³-hybridized carbons (Fsp3) is 0.250. The predicted molar refractivity (Wildman–Crippen MR) is 57.3 cm³/mol. The maximum absolute atomic E-state index is 10.7. The molecule has 6 nitrogen and oxygen atoms in total. The number of hydrogen-bond donors (Lipinski definition) is 0. The molecular weight excluding hydrogens is 471 g/mol. The van der Waals surface area contributed by atoms with Crippen molar-refractivity contribution in [1.29, 1.82) is 0 Å². The summed E-state index contributed by atoms with van der Waals surface area (Å²) in [5.74, 6) is 0. The molecule has 1 rings (SSSR count). The van der Waals surface area contributed by atoms with Gasteiger partial charge in [-0.3, -0.25) is 0 Å². The van der Waals surface area contributed by atoms with Crippen molar-refractivity contribution >= 4 is 20.2 Å². The third-order valence-electron chi connectivity index (χ3n) is 1.23. The molecule has 0 spiro atoms. The van der Waals surface area contributed by atoms with Crippen molar-refractivity contribution < 1.29 is 71.8 Å². The van der Waals surface area contributed by atoms with Gasteiger partial charge in [0.2, 0.25) is 0 Å². The van der Waals surface area contributed by atoms with Gasteiger partial charge in [0.25, 0.3) is 0 Å². The molecule has 0 heterocycles. The fourth-order valence-electron chi connectivity index (χ4n) is 0.385. The second-order valence-electron chi connectivity index (χ2n) is 2.95. The van der Waals surface area contributed by atoms with Gasteiger partial charge in [-0.15, -0.1) is 0 Å². The average Bonchev–Trinajstić information content (AvgIpc) is 2.27. The molecule has 0 aromatic heterocycles. The van der Waals surface area contributed by atoms with Crippen LogP contribution < -0.4 is 0 Å². The van der Waals surface area contributed by atoms with Crippen LogP contribution in [0.2, 0.25) is 0 Å². The van der Waals surface area contributed by atoms with E-state index in [4.69, 9.17) is 25.9 Å². The molecule has 0 atom stereocenters. The van der Waals surface area contributed by atoms with E-state index < -0.39 is 31.3 Å². The zero-order valence-corrected chi connectivity index (χ0v) is 13.7. The van der Waals surface area contributed by atoms with Gasteiger partial charge in [0, 0.05) is 0 Å². The van der Waals surface area contributed by atoms with E-state index in [9.17, 15) is 26.3 Å². The Morgan fingerprint density at radius 3 is 0.696 bits per heavy atom. The Balaban J connectivity index is -0.000000257. The van der Waals surface area contributed by atoms with Gasteiger partial charge in [0.15, 0.2) is 20.2 Å². The topological polar surface area (TPSA) is 114 Å². The second-order valence-corrected chi connectivity index (χ2v) is 5.70. The van der Waals surface area contributed by atoms with Crippen LogP contribution in [0.3, 0.4) is 0 Å². The minimum absolute atomic E-state index is 0. The third kappa shape index (κ3) is 15.3. The Morgan fingerprint density at radius 1 is 0.565 bits per heavy atom. The monoisotopic (exact) mass is 478 g/mol. The number of rotatable bonds is 0. The summed E-state index contributed by atoms with van der Waals surface area (Å²) in [5.41, 5.74) is -11.3. The number of hydrogen-bond acceptors (Lipinski definition) is 6. The molecule has 0 unspecified atom stereocenters. The van der Waals surface area contributed by atoms with Gasteiger partial charge in [0.1, 0.15) is 0 Å². The minimum atomic E-state index is -6.09. The van der Waals surface area contributed by atoms with Gasteiger partial charge >= 0.3 is 30.5 Å². The van der Waals surface area contributed by atoms with Crippen molar-refractivity contribution in [2.24, 2.45) is 0 Å². The van der Waals surface area contributed by atoms with Crippen LogP contribution in [0.1, 0.15) is 0 Å². The third-order valence-corrected chi connectivity index (χ3v) is 2.37. The second kappa shape index (κ2) is 10.8. The standard InChI is InChI=1S/C6H6.2CHF3O3S.Ru/c1-2-4-6-5-3-1;2*2-1(3,4)8(5,6)7;/h1-6H;2*(H,5,6,7);/q;;;+2/p-2. The largest absolute Gasteiger partial charge is 2.00 e. The molecule has 6 radical (unpaired) electrons. The van der Waals surface area contributed by atoms with Gasteiger partial charge in [0.05, 0.1) is 0 Å². The zero-order valence-electron chi connectivity index (χ0n) is 10.4. The zero-order chi connectivity index (χ0) is 18.2. The summed E-state index contributed by atoms with van der Waals surface area (Å²) in [6.45, 7) is 0. The van der Waals surface area contributed by atoms with E-state index in [1.54, 1.807) is 0 Å². The molecule has 0 aliphatic heterocycles. The van der Waals surface area contributed by atoms with Crippen molar-refractivity contribution in [1.82, 2.24) is 0 Å². The van der Waals surface area contributed by atoms with Crippen molar-refractivity contribution in [2.75, 3.05) is 0 Å². The van der Waals surface area contributed by atoms with Crippen molar-refractivity contribution in [3.05, 3.63) is 38.5 Å². The van der Waals surface area contributed by atoms with Crippen LogP contribution in [-0.2, 0) is 39.7 Å². The smallest absolute Gasteiger partial charge is 0.741 e. The van der Waals surface area contributed by atoms with Crippen LogP contribution in [0.15, 0.2) is 0 Å². The summed E-state index contributed by atoms with van der Waals surface area (Å²) in [4.78, 5) is 0. The van der Waals surface area contributed by atoms with Gasteiger partial charge in [-0.2, -0.15) is 26.3 Å². The molecule has 1 aliphatic carbocycles. The first kappa shape index (κ1) is 27.9. The molecule has 0 saturated heterocycles. The first-order valence-corrected chi connectivity index (χ1v) is 7.36. The Hall–Kier alpha value is 0.0234. The Morgan fingerprint density at radius 2 is 0.652 bits per heavy atom. The Bertz CT molecular complexity index is 455. The number of alkyl halides is 6. The molecule has 15 heteroatoms. The van der Waals surface area contributed by atoms with Crippen LogP contribution in [0.5, 0.6) is 0 Å². The molecule has 23 heavy (non-hydrogen) atoms. The van der Waals surface area contributed by atoms with Crippen LogP contribution in [-0.4, -0.2) is 37.0 Å². The van der Waals surface area contributed by atoms with E-state index in [2.05, 4.69) is 0 Å². The van der Waals surface area contributed by atoms with Crippen LogP contribution >= 0.6 is 0 Å². The molecule has 0 aromatic carbocycles. The van der Waals surface area contributed by atoms with Crippen molar-refractivity contribution in [3.8, 4) is 0 Å². The summed E-state index contributed by atoms with van der Waals surface area (Å²) in [5, 5.41) is 0. The van der Waals surface area contributed by atoms with Crippen molar-refractivity contribution in [3.63, 3.8) is 0 Å². The van der Waals surface area contributed by atoms with Gasteiger partial charge < -0.3 is 9.11 Å². The molecule has 1 fully saturated rings. The quantitative estimate of drug-likeness (QED) is 0.225. The summed E-state index contributed by atoms with van der Waals surface area (Å²) in [6.07, 6.45) is 12.0. The predicted octanol–water partition coefficient (Wildman–Crippen LogP) is 1.33. The van der Waals surface area contributed by atoms with Gasteiger partial charge in [-0.05, 0) is 38.5 Å². The van der Waals surface area contributed by atoms with Crippen LogP contribution in [0.25, 0.3) is 0 Å². The van der Waals surface area contributed by atoms with E-state index in [-0.39, 0.29) is 19.5 Å². The van der Waals surface area contributed by atoms with E-state index >= 15 is 0 Å². The first-order chi connectivity index (χ1) is 9.50. The molecule has 0 N–H and O–H groups in total. The first-order valence-electron chi connectivity index (χ1n) is 4.54. The van der Waals surface area contributed by atoms with Gasteiger partial charge in [-0.25, -0.2) is 16.8 Å².